The summed E-state index contributed by atoms with van der Waals surface area (Å²) in [6.45, 7) is 3.96. The lowest BCUT2D eigenvalue weighted by Gasteiger charge is -2.10. The molecular formula is C13H22NO2+. The Balaban J connectivity index is 2.41. The molecule has 0 bridgehead atoms. The first-order valence-corrected chi connectivity index (χ1v) is 5.83. The Labute approximate surface area is 97.8 Å². The molecule has 0 aliphatic heterocycles. The van der Waals surface area contributed by atoms with Gasteiger partial charge in [-0.15, -0.1) is 0 Å². The van der Waals surface area contributed by atoms with Gasteiger partial charge in [0.05, 0.1) is 27.3 Å². The number of benzene rings is 1. The molecule has 2 N–H and O–H groups in total. The monoisotopic (exact) mass is 224 g/mol. The number of rotatable bonds is 7. The summed E-state index contributed by atoms with van der Waals surface area (Å²) in [6, 6.07) is 6.01. The van der Waals surface area contributed by atoms with Crippen molar-refractivity contribution in [1.82, 2.24) is 0 Å². The summed E-state index contributed by atoms with van der Waals surface area (Å²) in [7, 11) is 3.76. The van der Waals surface area contributed by atoms with Crippen molar-refractivity contribution in [3.63, 3.8) is 0 Å². The summed E-state index contributed by atoms with van der Waals surface area (Å²) in [6.07, 6.45) is 2.27. The molecule has 0 unspecified atom stereocenters. The highest BCUT2D eigenvalue weighted by atomic mass is 16.5. The lowest BCUT2D eigenvalue weighted by atomic mass is 10.2. The third kappa shape index (κ3) is 4.11. The summed E-state index contributed by atoms with van der Waals surface area (Å²) in [5, 5.41) is 2.19. The van der Waals surface area contributed by atoms with Gasteiger partial charge in [0.1, 0.15) is 0 Å². The van der Waals surface area contributed by atoms with E-state index in [1.165, 1.54) is 12.0 Å². The zero-order valence-corrected chi connectivity index (χ0v) is 10.5. The van der Waals surface area contributed by atoms with Gasteiger partial charge in [-0.1, -0.05) is 6.07 Å². The van der Waals surface area contributed by atoms with Crippen molar-refractivity contribution >= 4 is 0 Å². The average molecular weight is 224 g/mol. The molecule has 16 heavy (non-hydrogen) atoms. The number of ether oxygens (including phenoxy) is 2. The van der Waals surface area contributed by atoms with Gasteiger partial charge in [0.25, 0.3) is 0 Å². The minimum absolute atomic E-state index is 0.757. The third-order valence-corrected chi connectivity index (χ3v) is 2.46. The third-order valence-electron chi connectivity index (χ3n) is 2.46. The number of aryl methyl sites for hydroxylation is 1. The van der Waals surface area contributed by atoms with Crippen molar-refractivity contribution in [1.29, 1.82) is 0 Å². The van der Waals surface area contributed by atoms with Gasteiger partial charge < -0.3 is 14.8 Å². The number of nitrogens with two attached hydrogens (primary N) is 1. The maximum absolute atomic E-state index is 5.69. The molecule has 0 spiro atoms. The fourth-order valence-electron chi connectivity index (χ4n) is 1.53. The Morgan fingerprint density at radius 1 is 1.19 bits per heavy atom. The second-order valence-corrected chi connectivity index (χ2v) is 3.91. The molecule has 0 saturated carbocycles. The van der Waals surface area contributed by atoms with Crippen LogP contribution >= 0.6 is 0 Å². The summed E-state index contributed by atoms with van der Waals surface area (Å²) in [5.74, 6) is 1.66. The topological polar surface area (TPSA) is 35.1 Å². The van der Waals surface area contributed by atoms with Crippen molar-refractivity contribution in [2.24, 2.45) is 0 Å². The Bertz CT molecular complexity index is 313. The van der Waals surface area contributed by atoms with Crippen LogP contribution in [-0.2, 0) is 0 Å². The Morgan fingerprint density at radius 3 is 2.69 bits per heavy atom. The quantitative estimate of drug-likeness (QED) is 0.710. The van der Waals surface area contributed by atoms with E-state index in [0.29, 0.717) is 0 Å². The Morgan fingerprint density at radius 2 is 2.00 bits per heavy atom. The molecule has 0 atom stereocenters. The largest absolute Gasteiger partial charge is 0.493 e. The first-order valence-electron chi connectivity index (χ1n) is 5.83. The summed E-state index contributed by atoms with van der Waals surface area (Å²) < 4.78 is 11.0. The van der Waals surface area contributed by atoms with E-state index in [0.717, 1.165) is 31.1 Å². The number of hydrogen-bond acceptors (Lipinski definition) is 2. The molecule has 0 saturated heterocycles. The van der Waals surface area contributed by atoms with E-state index in [1.54, 1.807) is 7.11 Å². The van der Waals surface area contributed by atoms with Crippen LogP contribution < -0.4 is 14.8 Å². The van der Waals surface area contributed by atoms with Crippen LogP contribution in [0.5, 0.6) is 11.5 Å². The van der Waals surface area contributed by atoms with E-state index in [-0.39, 0.29) is 0 Å². The standard InChI is InChI=1S/C13H21NO2/c1-11-6-7-12(13(10-11)15-3)16-9-5-4-8-14-2/h6-7,10,14H,4-5,8-9H2,1-3H3/p+1. The Hall–Kier alpha value is -1.22. The molecule has 0 radical (unpaired) electrons. The molecule has 1 aromatic carbocycles. The molecule has 0 amide bonds. The molecule has 0 aliphatic carbocycles. The van der Waals surface area contributed by atoms with E-state index in [1.807, 2.05) is 25.1 Å². The average Bonchev–Trinajstić information content (AvgIpc) is 2.30. The normalized spacial score (nSPS) is 10.2. The van der Waals surface area contributed by atoms with Gasteiger partial charge in [-0.25, -0.2) is 0 Å². The molecule has 1 aromatic rings. The van der Waals surface area contributed by atoms with E-state index in [9.17, 15) is 0 Å². The van der Waals surface area contributed by atoms with Crippen LogP contribution in [0.15, 0.2) is 18.2 Å². The maximum atomic E-state index is 5.69. The zero-order valence-electron chi connectivity index (χ0n) is 10.5. The van der Waals surface area contributed by atoms with Crippen LogP contribution in [0, 0.1) is 6.92 Å². The number of quaternary nitrogens is 1. The number of hydrogen-bond donors (Lipinski definition) is 1. The summed E-state index contributed by atoms with van der Waals surface area (Å²) in [4.78, 5) is 0. The van der Waals surface area contributed by atoms with E-state index in [4.69, 9.17) is 9.47 Å². The predicted octanol–water partition coefficient (Wildman–Crippen LogP) is 1.36. The van der Waals surface area contributed by atoms with Gasteiger partial charge in [0.15, 0.2) is 11.5 Å². The van der Waals surface area contributed by atoms with E-state index < -0.39 is 0 Å². The highest BCUT2D eigenvalue weighted by Gasteiger charge is 2.03. The second-order valence-electron chi connectivity index (χ2n) is 3.91. The maximum Gasteiger partial charge on any atom is 0.161 e. The molecule has 0 heterocycles. The van der Waals surface area contributed by atoms with Crippen molar-refractivity contribution in [3.8, 4) is 11.5 Å². The number of unbranched alkanes of at least 4 members (excludes halogenated alkanes) is 1. The smallest absolute Gasteiger partial charge is 0.161 e. The van der Waals surface area contributed by atoms with Crippen LogP contribution in [0.25, 0.3) is 0 Å². The van der Waals surface area contributed by atoms with Crippen molar-refractivity contribution < 1.29 is 14.8 Å². The van der Waals surface area contributed by atoms with Crippen LogP contribution in [0.3, 0.4) is 0 Å². The fraction of sp³-hybridized carbons (Fsp3) is 0.538. The fourth-order valence-corrected chi connectivity index (χ4v) is 1.53. The predicted molar refractivity (Wildman–Crippen MR) is 65.2 cm³/mol. The first kappa shape index (κ1) is 12.8. The molecule has 3 heteroatoms. The summed E-state index contributed by atoms with van der Waals surface area (Å²) in [5.41, 5.74) is 1.18. The van der Waals surface area contributed by atoms with Gasteiger partial charge in [0, 0.05) is 0 Å². The molecule has 0 fully saturated rings. The van der Waals surface area contributed by atoms with Crippen LogP contribution in [0.1, 0.15) is 18.4 Å². The first-order chi connectivity index (χ1) is 7.77. The zero-order chi connectivity index (χ0) is 11.8. The molecule has 90 valence electrons. The van der Waals surface area contributed by atoms with Crippen LogP contribution in [0.4, 0.5) is 0 Å². The highest BCUT2D eigenvalue weighted by molar-refractivity contribution is 5.42. The van der Waals surface area contributed by atoms with Gasteiger partial charge in [-0.05, 0) is 37.5 Å². The minimum atomic E-state index is 0.757. The van der Waals surface area contributed by atoms with E-state index in [2.05, 4.69) is 12.4 Å². The van der Waals surface area contributed by atoms with Gasteiger partial charge >= 0.3 is 0 Å². The minimum Gasteiger partial charge on any atom is -0.493 e. The molecule has 1 rings (SSSR count). The van der Waals surface area contributed by atoms with Crippen molar-refractivity contribution in [2.75, 3.05) is 27.3 Å². The summed E-state index contributed by atoms with van der Waals surface area (Å²) >= 11 is 0. The SMILES string of the molecule is C[NH2+]CCCCOc1ccc(C)cc1OC. The number of methoxy groups -OCH3 is 1. The lowest BCUT2D eigenvalue weighted by Crippen LogP contribution is -2.79. The van der Waals surface area contributed by atoms with Gasteiger partial charge in [-0.3, -0.25) is 0 Å². The van der Waals surface area contributed by atoms with Gasteiger partial charge in [0.2, 0.25) is 0 Å². The van der Waals surface area contributed by atoms with Gasteiger partial charge in [-0.2, -0.15) is 0 Å². The highest BCUT2D eigenvalue weighted by Crippen LogP contribution is 2.27. The molecule has 0 aromatic heterocycles. The molecular weight excluding hydrogens is 202 g/mol. The van der Waals surface area contributed by atoms with Crippen LogP contribution in [-0.4, -0.2) is 27.3 Å². The van der Waals surface area contributed by atoms with Crippen molar-refractivity contribution in [3.05, 3.63) is 23.8 Å². The van der Waals surface area contributed by atoms with Crippen LogP contribution in [0.2, 0.25) is 0 Å². The second kappa shape index (κ2) is 7.12. The molecule has 0 aliphatic rings. The van der Waals surface area contributed by atoms with E-state index >= 15 is 0 Å². The van der Waals surface area contributed by atoms with Crippen molar-refractivity contribution in [2.45, 2.75) is 19.8 Å². The lowest BCUT2D eigenvalue weighted by molar-refractivity contribution is -0.627. The Kier molecular flexibility index (Phi) is 5.72. The molecule has 3 nitrogen and oxygen atoms in total.